The van der Waals surface area contributed by atoms with Gasteiger partial charge in [-0.2, -0.15) is 0 Å². The Kier molecular flexibility index (Phi) is 6.26. The summed E-state index contributed by atoms with van der Waals surface area (Å²) in [5, 5.41) is 0. The van der Waals surface area contributed by atoms with Crippen LogP contribution in [-0.4, -0.2) is 33.5 Å². The van der Waals surface area contributed by atoms with Crippen LogP contribution in [-0.2, 0) is 14.8 Å². The van der Waals surface area contributed by atoms with E-state index in [0.717, 1.165) is 17.7 Å². The van der Waals surface area contributed by atoms with Crippen LogP contribution in [0, 0.1) is 0 Å². The molecule has 0 spiro atoms. The van der Waals surface area contributed by atoms with Crippen LogP contribution in [0.4, 0.5) is 0 Å². The van der Waals surface area contributed by atoms with Crippen molar-refractivity contribution in [2.45, 2.75) is 23.8 Å². The molecule has 1 N–H and O–H groups in total. The van der Waals surface area contributed by atoms with Crippen molar-refractivity contribution in [1.29, 1.82) is 0 Å². The zero-order valence-corrected chi connectivity index (χ0v) is 16.2. The topological polar surface area (TPSA) is 72.5 Å². The Hall–Kier alpha value is -1.51. The molecule has 0 aliphatic carbocycles. The van der Waals surface area contributed by atoms with Gasteiger partial charge in [0, 0.05) is 23.6 Å². The summed E-state index contributed by atoms with van der Waals surface area (Å²) in [7, 11) is -3.62. The average Bonchev–Trinajstić information content (AvgIpc) is 3.30. The van der Waals surface area contributed by atoms with Gasteiger partial charge in [-0.1, -0.05) is 11.6 Å². The summed E-state index contributed by atoms with van der Waals surface area (Å²) in [6.07, 6.45) is 4.88. The van der Waals surface area contributed by atoms with Gasteiger partial charge in [-0.05, 0) is 61.4 Å². The molecule has 0 saturated carbocycles. The van der Waals surface area contributed by atoms with Gasteiger partial charge in [0.1, 0.15) is 0 Å². The smallest absolute Gasteiger partial charge is 0.240 e. The molecule has 1 saturated heterocycles. The number of halogens is 1. The van der Waals surface area contributed by atoms with Gasteiger partial charge in [0.05, 0.1) is 15.3 Å². The van der Waals surface area contributed by atoms with Crippen LogP contribution in [0.5, 0.6) is 0 Å². The number of thiophene rings is 1. The van der Waals surface area contributed by atoms with Gasteiger partial charge in [-0.25, -0.2) is 13.1 Å². The third kappa shape index (κ3) is 5.02. The molecule has 138 valence electrons. The highest BCUT2D eigenvalue weighted by atomic mass is 35.5. The maximum absolute atomic E-state index is 12.3. The van der Waals surface area contributed by atoms with E-state index in [-0.39, 0.29) is 23.3 Å². The molecule has 1 aromatic carbocycles. The third-order valence-corrected chi connectivity index (χ3v) is 6.60. The first-order valence-electron chi connectivity index (χ1n) is 8.13. The van der Waals surface area contributed by atoms with Crippen LogP contribution >= 0.6 is 22.9 Å². The molecular weight excluding hydrogens is 394 g/mol. The second-order valence-corrected chi connectivity index (χ2v) is 9.36. The van der Waals surface area contributed by atoms with Crippen LogP contribution < -0.4 is 4.72 Å². The summed E-state index contributed by atoms with van der Waals surface area (Å²) in [6, 6.07) is 9.47. The molecule has 5 nitrogen and oxygen atoms in total. The summed E-state index contributed by atoms with van der Waals surface area (Å²) in [5.74, 6) is -0.203. The first kappa shape index (κ1) is 19.3. The molecule has 0 radical (unpaired) electrons. The quantitative estimate of drug-likeness (QED) is 0.556. The molecule has 1 aliphatic heterocycles. The second-order valence-electron chi connectivity index (χ2n) is 5.85. The van der Waals surface area contributed by atoms with Gasteiger partial charge in [0.25, 0.3) is 0 Å². The average molecular weight is 412 g/mol. The van der Waals surface area contributed by atoms with Gasteiger partial charge in [-0.3, -0.25) is 4.79 Å². The van der Waals surface area contributed by atoms with E-state index in [1.54, 1.807) is 12.1 Å². The zero-order valence-electron chi connectivity index (χ0n) is 13.9. The van der Waals surface area contributed by atoms with E-state index >= 15 is 0 Å². The number of carbonyl (C=O) groups is 1. The molecule has 26 heavy (non-hydrogen) atoms. The van der Waals surface area contributed by atoms with Crippen LogP contribution in [0.15, 0.2) is 47.4 Å². The van der Waals surface area contributed by atoms with Crippen molar-refractivity contribution in [2.24, 2.45) is 0 Å². The monoisotopic (exact) mass is 411 g/mol. The predicted octanol–water partition coefficient (Wildman–Crippen LogP) is 3.75. The van der Waals surface area contributed by atoms with Gasteiger partial charge in [0.2, 0.25) is 10.0 Å². The highest BCUT2D eigenvalue weighted by molar-refractivity contribution is 7.89. The Labute approximate surface area is 161 Å². The third-order valence-electron chi connectivity index (χ3n) is 3.97. The molecule has 1 aliphatic rings. The fraction of sp³-hybridized carbons (Fsp3) is 0.278. The van der Waals surface area contributed by atoms with Crippen molar-refractivity contribution in [2.75, 3.05) is 13.2 Å². The first-order valence-corrected chi connectivity index (χ1v) is 10.8. The number of nitrogens with one attached hydrogen (secondary N) is 1. The Morgan fingerprint density at radius 2 is 2.04 bits per heavy atom. The number of ketones is 1. The van der Waals surface area contributed by atoms with Crippen molar-refractivity contribution >= 4 is 44.8 Å². The maximum Gasteiger partial charge on any atom is 0.240 e. The van der Waals surface area contributed by atoms with E-state index in [1.165, 1.54) is 41.7 Å². The number of benzene rings is 1. The van der Waals surface area contributed by atoms with E-state index in [1.807, 2.05) is 6.07 Å². The van der Waals surface area contributed by atoms with Gasteiger partial charge in [0.15, 0.2) is 5.78 Å². The van der Waals surface area contributed by atoms with Crippen LogP contribution in [0.25, 0.3) is 6.08 Å². The number of allylic oxidation sites excluding steroid dienone is 1. The SMILES string of the molecule is O=C(/C=C/c1ccc(Cl)s1)c1ccc(S(=O)(=O)NC[C@@H]2CCCO2)cc1. The minimum atomic E-state index is -3.62. The minimum Gasteiger partial charge on any atom is -0.377 e. The lowest BCUT2D eigenvalue weighted by Gasteiger charge is -2.11. The predicted molar refractivity (Wildman–Crippen MR) is 103 cm³/mol. The maximum atomic E-state index is 12.3. The second kappa shape index (κ2) is 8.45. The van der Waals surface area contributed by atoms with E-state index in [9.17, 15) is 13.2 Å². The molecular formula is C18H18ClNO4S2. The Balaban J connectivity index is 1.63. The Bertz CT molecular complexity index is 898. The number of ether oxygens (including phenoxy) is 1. The number of hydrogen-bond acceptors (Lipinski definition) is 5. The van der Waals surface area contributed by atoms with E-state index in [0.29, 0.717) is 16.5 Å². The van der Waals surface area contributed by atoms with Crippen molar-refractivity contribution < 1.29 is 17.9 Å². The Morgan fingerprint density at radius 3 is 2.65 bits per heavy atom. The fourth-order valence-electron chi connectivity index (χ4n) is 2.56. The number of carbonyl (C=O) groups excluding carboxylic acids is 1. The first-order chi connectivity index (χ1) is 12.4. The summed E-state index contributed by atoms with van der Waals surface area (Å²) in [4.78, 5) is 13.2. The molecule has 8 heteroatoms. The van der Waals surface area contributed by atoms with Gasteiger partial charge in [-0.15, -0.1) is 11.3 Å². The van der Waals surface area contributed by atoms with Crippen molar-refractivity contribution in [3.05, 3.63) is 57.3 Å². The van der Waals surface area contributed by atoms with Crippen molar-refractivity contribution in [1.82, 2.24) is 4.72 Å². The lowest BCUT2D eigenvalue weighted by atomic mass is 10.1. The highest BCUT2D eigenvalue weighted by Gasteiger charge is 2.20. The minimum absolute atomic E-state index is 0.0680. The number of rotatable bonds is 7. The molecule has 2 heterocycles. The van der Waals surface area contributed by atoms with Gasteiger partial charge >= 0.3 is 0 Å². The van der Waals surface area contributed by atoms with Crippen molar-refractivity contribution in [3.8, 4) is 0 Å². The van der Waals surface area contributed by atoms with Crippen LogP contribution in [0.2, 0.25) is 4.34 Å². The molecule has 0 amide bonds. The van der Waals surface area contributed by atoms with Crippen LogP contribution in [0.3, 0.4) is 0 Å². The lowest BCUT2D eigenvalue weighted by molar-refractivity contribution is 0.104. The summed E-state index contributed by atoms with van der Waals surface area (Å²) < 4.78 is 33.2. The van der Waals surface area contributed by atoms with E-state index in [4.69, 9.17) is 16.3 Å². The fourth-order valence-corrected chi connectivity index (χ4v) is 4.59. The van der Waals surface area contributed by atoms with Crippen molar-refractivity contribution in [3.63, 3.8) is 0 Å². The molecule has 3 rings (SSSR count). The summed E-state index contributed by atoms with van der Waals surface area (Å²) >= 11 is 7.22. The lowest BCUT2D eigenvalue weighted by Crippen LogP contribution is -2.31. The summed E-state index contributed by atoms with van der Waals surface area (Å²) in [5.41, 5.74) is 0.418. The molecule has 1 aromatic heterocycles. The van der Waals surface area contributed by atoms with E-state index < -0.39 is 10.0 Å². The Morgan fingerprint density at radius 1 is 1.27 bits per heavy atom. The normalized spacial score (nSPS) is 17.8. The summed E-state index contributed by atoms with van der Waals surface area (Å²) in [6.45, 7) is 0.934. The standard InChI is InChI=1S/C18H18ClNO4S2/c19-18-10-6-15(25-18)5-9-17(21)13-3-7-16(8-4-13)26(22,23)20-12-14-2-1-11-24-14/h3-10,14,20H,1-2,11-12H2/b9-5+/t14-/m0/s1. The zero-order chi connectivity index (χ0) is 18.6. The molecule has 1 atom stereocenters. The molecule has 1 fully saturated rings. The van der Waals surface area contributed by atoms with Gasteiger partial charge < -0.3 is 4.74 Å². The van der Waals surface area contributed by atoms with E-state index in [2.05, 4.69) is 4.72 Å². The molecule has 0 unspecified atom stereocenters. The largest absolute Gasteiger partial charge is 0.377 e. The van der Waals surface area contributed by atoms with Crippen LogP contribution in [0.1, 0.15) is 28.1 Å². The number of hydrogen-bond donors (Lipinski definition) is 1. The number of sulfonamides is 1. The highest BCUT2D eigenvalue weighted by Crippen LogP contribution is 2.22. The molecule has 0 bridgehead atoms. The molecule has 2 aromatic rings.